The fourth-order valence-electron chi connectivity index (χ4n) is 2.39. The molecule has 1 aliphatic rings. The Hall–Kier alpha value is -2.02. The molecular formula is C18H14ClNO3S2. The van der Waals surface area contributed by atoms with Crippen LogP contribution < -0.4 is 14.4 Å². The molecule has 0 N–H and O–H groups in total. The number of ether oxygens (including phenoxy) is 2. The molecule has 0 bridgehead atoms. The second-order valence-corrected chi connectivity index (χ2v) is 7.16. The van der Waals surface area contributed by atoms with E-state index in [0.29, 0.717) is 31.4 Å². The van der Waals surface area contributed by atoms with Gasteiger partial charge in [-0.2, -0.15) is 0 Å². The number of rotatable bonds is 4. The van der Waals surface area contributed by atoms with Crippen molar-refractivity contribution in [1.82, 2.24) is 0 Å². The summed E-state index contributed by atoms with van der Waals surface area (Å²) < 4.78 is 11.0. The van der Waals surface area contributed by atoms with E-state index in [1.807, 2.05) is 24.3 Å². The zero-order valence-corrected chi connectivity index (χ0v) is 15.9. The molecule has 0 spiro atoms. The number of benzene rings is 2. The second-order valence-electron chi connectivity index (χ2n) is 5.08. The van der Waals surface area contributed by atoms with Crippen LogP contribution in [0.5, 0.6) is 11.5 Å². The Morgan fingerprint density at radius 3 is 2.60 bits per heavy atom. The van der Waals surface area contributed by atoms with Gasteiger partial charge in [-0.3, -0.25) is 9.69 Å². The van der Waals surface area contributed by atoms with Gasteiger partial charge >= 0.3 is 0 Å². The monoisotopic (exact) mass is 391 g/mol. The number of halogens is 1. The molecule has 2 aromatic carbocycles. The SMILES string of the molecule is COc1ccc(/C=C2\SC(=S)N(c3ccccc3Cl)C2=O)c(OC)c1. The van der Waals surface area contributed by atoms with E-state index < -0.39 is 0 Å². The molecule has 25 heavy (non-hydrogen) atoms. The second kappa shape index (κ2) is 7.47. The van der Waals surface area contributed by atoms with E-state index in [4.69, 9.17) is 33.3 Å². The number of carbonyl (C=O) groups excluding carboxylic acids is 1. The average Bonchev–Trinajstić information content (AvgIpc) is 2.89. The number of thioether (sulfide) groups is 1. The number of nitrogens with zero attached hydrogens (tertiary/aromatic N) is 1. The molecule has 3 rings (SSSR count). The molecule has 1 aliphatic heterocycles. The van der Waals surface area contributed by atoms with Gasteiger partial charge in [0, 0.05) is 11.6 Å². The third-order valence-corrected chi connectivity index (χ3v) is 5.24. The topological polar surface area (TPSA) is 38.8 Å². The molecule has 0 unspecified atom stereocenters. The van der Waals surface area contributed by atoms with E-state index in [1.165, 1.54) is 16.7 Å². The third-order valence-electron chi connectivity index (χ3n) is 3.61. The zero-order valence-electron chi connectivity index (χ0n) is 13.5. The Morgan fingerprint density at radius 2 is 1.92 bits per heavy atom. The average molecular weight is 392 g/mol. The fraction of sp³-hybridized carbons (Fsp3) is 0.111. The van der Waals surface area contributed by atoms with Gasteiger partial charge in [-0.1, -0.05) is 47.7 Å². The number of thiocarbonyl (C=S) groups is 1. The van der Waals surface area contributed by atoms with Gasteiger partial charge < -0.3 is 9.47 Å². The minimum atomic E-state index is -0.207. The molecule has 0 aliphatic carbocycles. The van der Waals surface area contributed by atoms with Crippen LogP contribution in [0.4, 0.5) is 5.69 Å². The number of amides is 1. The molecule has 128 valence electrons. The van der Waals surface area contributed by atoms with Crippen molar-refractivity contribution in [2.75, 3.05) is 19.1 Å². The third kappa shape index (κ3) is 3.51. The van der Waals surface area contributed by atoms with E-state index >= 15 is 0 Å². The summed E-state index contributed by atoms with van der Waals surface area (Å²) in [6, 6.07) is 12.5. The summed E-state index contributed by atoms with van der Waals surface area (Å²) in [5.41, 5.74) is 1.35. The van der Waals surface area contributed by atoms with Gasteiger partial charge in [0.2, 0.25) is 0 Å². The van der Waals surface area contributed by atoms with E-state index in [9.17, 15) is 4.79 Å². The van der Waals surface area contributed by atoms with Crippen LogP contribution in [-0.2, 0) is 4.79 Å². The number of hydrogen-bond acceptors (Lipinski definition) is 5. The standard InChI is InChI=1S/C18H14ClNO3S2/c1-22-12-8-7-11(15(10-12)23-2)9-16-17(21)20(18(24)25-16)14-6-4-3-5-13(14)19/h3-10H,1-2H3/b16-9-. The quantitative estimate of drug-likeness (QED) is 0.554. The summed E-state index contributed by atoms with van der Waals surface area (Å²) in [4.78, 5) is 14.8. The highest BCUT2D eigenvalue weighted by Crippen LogP contribution is 2.39. The minimum Gasteiger partial charge on any atom is -0.497 e. The van der Waals surface area contributed by atoms with Gasteiger partial charge in [0.05, 0.1) is 29.8 Å². The van der Waals surface area contributed by atoms with Crippen LogP contribution in [0.2, 0.25) is 5.02 Å². The van der Waals surface area contributed by atoms with E-state index in [2.05, 4.69) is 0 Å². The van der Waals surface area contributed by atoms with Crippen LogP contribution in [0.15, 0.2) is 47.4 Å². The van der Waals surface area contributed by atoms with Crippen LogP contribution >= 0.6 is 35.6 Å². The van der Waals surface area contributed by atoms with Gasteiger partial charge in [0.15, 0.2) is 4.32 Å². The number of carbonyl (C=O) groups is 1. The highest BCUT2D eigenvalue weighted by atomic mass is 35.5. The molecule has 2 aromatic rings. The summed E-state index contributed by atoms with van der Waals surface area (Å²) in [5.74, 6) is 1.08. The Balaban J connectivity index is 1.97. The van der Waals surface area contributed by atoms with Crippen molar-refractivity contribution < 1.29 is 14.3 Å². The molecule has 7 heteroatoms. The molecule has 0 atom stereocenters. The molecule has 0 saturated carbocycles. The molecular weight excluding hydrogens is 378 g/mol. The Kier molecular flexibility index (Phi) is 5.32. The molecule has 1 saturated heterocycles. The van der Waals surface area contributed by atoms with Crippen LogP contribution in [-0.4, -0.2) is 24.4 Å². The lowest BCUT2D eigenvalue weighted by Crippen LogP contribution is -2.27. The van der Waals surface area contributed by atoms with E-state index in [0.717, 1.165) is 5.56 Å². The van der Waals surface area contributed by atoms with Gasteiger partial charge in [0.25, 0.3) is 5.91 Å². The first-order chi connectivity index (χ1) is 12.0. The highest BCUT2D eigenvalue weighted by molar-refractivity contribution is 8.27. The lowest BCUT2D eigenvalue weighted by molar-refractivity contribution is -0.113. The van der Waals surface area contributed by atoms with Crippen molar-refractivity contribution in [2.24, 2.45) is 0 Å². The minimum absolute atomic E-state index is 0.207. The molecule has 1 amide bonds. The first kappa shape index (κ1) is 17.8. The first-order valence-electron chi connectivity index (χ1n) is 7.29. The summed E-state index contributed by atoms with van der Waals surface area (Å²) in [5, 5.41) is 0.474. The maximum absolute atomic E-state index is 12.8. The predicted octanol–water partition coefficient (Wildman–Crippen LogP) is 4.76. The molecule has 0 radical (unpaired) electrons. The maximum atomic E-state index is 12.8. The maximum Gasteiger partial charge on any atom is 0.270 e. The summed E-state index contributed by atoms with van der Waals surface area (Å²) >= 11 is 12.8. The zero-order chi connectivity index (χ0) is 18.0. The Labute approximate surface area is 160 Å². The lowest BCUT2D eigenvalue weighted by atomic mass is 10.1. The van der Waals surface area contributed by atoms with Crippen molar-refractivity contribution in [3.63, 3.8) is 0 Å². The van der Waals surface area contributed by atoms with Crippen LogP contribution in [0.1, 0.15) is 5.56 Å². The lowest BCUT2D eigenvalue weighted by Gasteiger charge is -2.15. The van der Waals surface area contributed by atoms with Gasteiger partial charge in [-0.05, 0) is 30.3 Å². The fourth-order valence-corrected chi connectivity index (χ4v) is 3.88. The molecule has 0 aromatic heterocycles. The summed E-state index contributed by atoms with van der Waals surface area (Å²) in [6.07, 6.45) is 1.76. The largest absolute Gasteiger partial charge is 0.497 e. The number of para-hydroxylation sites is 1. The number of methoxy groups -OCH3 is 2. The van der Waals surface area contributed by atoms with Gasteiger partial charge in [-0.15, -0.1) is 0 Å². The first-order valence-corrected chi connectivity index (χ1v) is 8.90. The van der Waals surface area contributed by atoms with Crippen LogP contribution in [0.3, 0.4) is 0 Å². The highest BCUT2D eigenvalue weighted by Gasteiger charge is 2.34. The van der Waals surface area contributed by atoms with E-state index in [-0.39, 0.29) is 5.91 Å². The van der Waals surface area contributed by atoms with Crippen LogP contribution in [0.25, 0.3) is 6.08 Å². The van der Waals surface area contributed by atoms with Crippen molar-refractivity contribution >= 4 is 57.6 Å². The summed E-state index contributed by atoms with van der Waals surface area (Å²) in [7, 11) is 3.16. The van der Waals surface area contributed by atoms with Crippen molar-refractivity contribution in [3.05, 3.63) is 58.0 Å². The van der Waals surface area contributed by atoms with E-state index in [1.54, 1.807) is 38.5 Å². The predicted molar refractivity (Wildman–Crippen MR) is 107 cm³/mol. The van der Waals surface area contributed by atoms with Gasteiger partial charge in [0.1, 0.15) is 11.5 Å². The number of hydrogen-bond donors (Lipinski definition) is 0. The van der Waals surface area contributed by atoms with Gasteiger partial charge in [-0.25, -0.2) is 0 Å². The molecule has 1 heterocycles. The molecule has 4 nitrogen and oxygen atoms in total. The van der Waals surface area contributed by atoms with Crippen molar-refractivity contribution in [2.45, 2.75) is 0 Å². The van der Waals surface area contributed by atoms with Crippen LogP contribution in [0, 0.1) is 0 Å². The normalized spacial score (nSPS) is 15.8. The Morgan fingerprint density at radius 1 is 1.16 bits per heavy atom. The number of anilines is 1. The Bertz CT molecular complexity index is 882. The molecule has 1 fully saturated rings. The summed E-state index contributed by atoms with van der Waals surface area (Å²) in [6.45, 7) is 0. The van der Waals surface area contributed by atoms with Crippen molar-refractivity contribution in [1.29, 1.82) is 0 Å². The van der Waals surface area contributed by atoms with Crippen molar-refractivity contribution in [3.8, 4) is 11.5 Å². The smallest absolute Gasteiger partial charge is 0.270 e.